The summed E-state index contributed by atoms with van der Waals surface area (Å²) in [5.74, 6) is 0.784. The van der Waals surface area contributed by atoms with Crippen molar-refractivity contribution in [3.8, 4) is 5.75 Å². The van der Waals surface area contributed by atoms with E-state index in [4.69, 9.17) is 4.74 Å². The highest BCUT2D eigenvalue weighted by Crippen LogP contribution is 2.40. The quantitative estimate of drug-likeness (QED) is 0.360. The molecule has 1 saturated carbocycles. The number of hydrogen-bond donors (Lipinski definition) is 3. The fourth-order valence-electron chi connectivity index (χ4n) is 7.27. The Balaban J connectivity index is 1.33. The van der Waals surface area contributed by atoms with Gasteiger partial charge in [0.25, 0.3) is 11.5 Å². The number of aliphatic hydroxyl groups is 1. The Morgan fingerprint density at radius 3 is 2.58 bits per heavy atom. The van der Waals surface area contributed by atoms with E-state index in [0.29, 0.717) is 35.1 Å². The van der Waals surface area contributed by atoms with Crippen molar-refractivity contribution in [2.45, 2.75) is 71.9 Å². The lowest BCUT2D eigenvalue weighted by molar-refractivity contribution is 0.0557. The van der Waals surface area contributed by atoms with Gasteiger partial charge in [-0.2, -0.15) is 0 Å². The van der Waals surface area contributed by atoms with E-state index in [1.165, 1.54) is 20.0 Å². The molecule has 1 atom stereocenters. The number of aromatic amines is 1. The van der Waals surface area contributed by atoms with Gasteiger partial charge in [-0.25, -0.2) is 0 Å². The summed E-state index contributed by atoms with van der Waals surface area (Å²) >= 11 is 0. The maximum absolute atomic E-state index is 13.6. The van der Waals surface area contributed by atoms with Crippen LogP contribution in [0.1, 0.15) is 78.8 Å². The molecule has 0 radical (unpaired) electrons. The SMILES string of the molecule is COc1cc(C)[nH]c(=O)c1CNC(=O)c1c(C)n([C@H](C)C2CCN(CC3(CO)CCCC3)CC2)c2ccccc12. The van der Waals surface area contributed by atoms with E-state index in [-0.39, 0.29) is 29.5 Å². The number of ether oxygens (including phenoxy) is 1. The number of amides is 1. The molecule has 8 nitrogen and oxygen atoms in total. The topological polar surface area (TPSA) is 99.6 Å². The minimum Gasteiger partial charge on any atom is -0.496 e. The standard InChI is InChI=1S/C32H44N4O4/c1-21-17-28(40-4)26(30(38)34-21)18-33-31(39)29-23(3)36(27-10-6-5-9-25(27)29)22(2)24-11-15-35(16-12-24)19-32(20-37)13-7-8-14-32/h5-6,9-10,17,22,24,37H,7-8,11-16,18-20H2,1-4H3,(H,33,39)(H,34,38)/t22-/m1/s1. The van der Waals surface area contributed by atoms with Crippen molar-refractivity contribution in [3.63, 3.8) is 0 Å². The first kappa shape index (κ1) is 28.4. The molecule has 3 aromatic rings. The van der Waals surface area contributed by atoms with Gasteiger partial charge in [0, 0.05) is 46.9 Å². The molecule has 1 aliphatic heterocycles. The number of piperidine rings is 1. The number of aliphatic hydroxyl groups excluding tert-OH is 1. The number of carbonyl (C=O) groups excluding carboxylic acids is 1. The lowest BCUT2D eigenvalue weighted by atomic mass is 9.84. The number of aromatic nitrogens is 2. The van der Waals surface area contributed by atoms with Crippen LogP contribution in [0.5, 0.6) is 5.75 Å². The molecule has 0 unspecified atom stereocenters. The smallest absolute Gasteiger partial charge is 0.256 e. The van der Waals surface area contributed by atoms with Crippen LogP contribution in [-0.2, 0) is 6.54 Å². The first-order chi connectivity index (χ1) is 19.3. The fourth-order valence-corrected chi connectivity index (χ4v) is 7.27. The summed E-state index contributed by atoms with van der Waals surface area (Å²) in [5, 5.41) is 14.0. The van der Waals surface area contributed by atoms with E-state index in [1.807, 2.05) is 25.1 Å². The van der Waals surface area contributed by atoms with Crippen LogP contribution in [0.25, 0.3) is 10.9 Å². The van der Waals surface area contributed by atoms with E-state index in [0.717, 1.165) is 61.9 Å². The van der Waals surface area contributed by atoms with Crippen molar-refractivity contribution in [2.75, 3.05) is 33.4 Å². The lowest BCUT2D eigenvalue weighted by Crippen LogP contribution is -2.43. The van der Waals surface area contributed by atoms with Gasteiger partial charge in [0.15, 0.2) is 0 Å². The largest absolute Gasteiger partial charge is 0.496 e. The van der Waals surface area contributed by atoms with Crippen LogP contribution in [-0.4, -0.2) is 58.8 Å². The number of H-pyrrole nitrogens is 1. The monoisotopic (exact) mass is 548 g/mol. The minimum absolute atomic E-state index is 0.0832. The minimum atomic E-state index is -0.255. The summed E-state index contributed by atoms with van der Waals surface area (Å²) in [5.41, 5.74) is 3.63. The maximum atomic E-state index is 13.6. The highest BCUT2D eigenvalue weighted by atomic mass is 16.5. The van der Waals surface area contributed by atoms with E-state index in [1.54, 1.807) is 13.0 Å². The Morgan fingerprint density at radius 1 is 1.20 bits per heavy atom. The fraction of sp³-hybridized carbons (Fsp3) is 0.562. The predicted octanol–water partition coefficient (Wildman–Crippen LogP) is 4.71. The van der Waals surface area contributed by atoms with Gasteiger partial charge in [-0.15, -0.1) is 0 Å². The van der Waals surface area contributed by atoms with Crippen LogP contribution in [0.4, 0.5) is 0 Å². The molecule has 5 rings (SSSR count). The summed E-state index contributed by atoms with van der Waals surface area (Å²) in [4.78, 5) is 31.5. The molecular formula is C32H44N4O4. The number of aryl methyl sites for hydroxylation is 1. The molecule has 40 heavy (non-hydrogen) atoms. The number of benzene rings is 1. The molecule has 1 aliphatic carbocycles. The Labute approximate surface area is 236 Å². The molecule has 8 heteroatoms. The van der Waals surface area contributed by atoms with Crippen molar-refractivity contribution in [2.24, 2.45) is 11.3 Å². The van der Waals surface area contributed by atoms with Crippen LogP contribution >= 0.6 is 0 Å². The second kappa shape index (κ2) is 11.8. The number of likely N-dealkylation sites (tertiary alicyclic amines) is 1. The van der Waals surface area contributed by atoms with E-state index in [2.05, 4.69) is 32.8 Å². The zero-order chi connectivity index (χ0) is 28.4. The second-order valence-corrected chi connectivity index (χ2v) is 12.1. The first-order valence-corrected chi connectivity index (χ1v) is 14.7. The number of para-hydroxylation sites is 1. The highest BCUT2D eigenvalue weighted by Gasteiger charge is 2.37. The first-order valence-electron chi connectivity index (χ1n) is 14.7. The Bertz CT molecular complexity index is 1410. The van der Waals surface area contributed by atoms with Gasteiger partial charge >= 0.3 is 0 Å². The van der Waals surface area contributed by atoms with Crippen LogP contribution in [0.15, 0.2) is 35.1 Å². The molecule has 2 aromatic heterocycles. The lowest BCUT2D eigenvalue weighted by Gasteiger charge is -2.40. The second-order valence-electron chi connectivity index (χ2n) is 12.1. The Kier molecular flexibility index (Phi) is 8.38. The number of nitrogens with one attached hydrogen (secondary N) is 2. The molecule has 2 aliphatic rings. The number of hydrogen-bond acceptors (Lipinski definition) is 5. The van der Waals surface area contributed by atoms with Gasteiger partial charge in [-0.05, 0) is 77.6 Å². The highest BCUT2D eigenvalue weighted by molar-refractivity contribution is 6.08. The van der Waals surface area contributed by atoms with Crippen molar-refractivity contribution < 1.29 is 14.6 Å². The number of rotatable bonds is 9. The van der Waals surface area contributed by atoms with Crippen LogP contribution in [0, 0.1) is 25.2 Å². The number of nitrogens with zero attached hydrogens (tertiary/aromatic N) is 2. The Morgan fingerprint density at radius 2 is 1.90 bits per heavy atom. The zero-order valence-electron chi connectivity index (χ0n) is 24.4. The molecule has 1 amide bonds. The summed E-state index contributed by atoms with van der Waals surface area (Å²) in [6, 6.07) is 10.1. The molecule has 216 valence electrons. The van der Waals surface area contributed by atoms with Gasteiger partial charge in [0.2, 0.25) is 0 Å². The van der Waals surface area contributed by atoms with Gasteiger partial charge in [0.1, 0.15) is 5.75 Å². The average molecular weight is 549 g/mol. The number of fused-ring (bicyclic) bond motifs is 1. The van der Waals surface area contributed by atoms with E-state index in [9.17, 15) is 14.7 Å². The molecule has 3 heterocycles. The van der Waals surface area contributed by atoms with Crippen molar-refractivity contribution in [1.82, 2.24) is 19.8 Å². The molecule has 1 aromatic carbocycles. The van der Waals surface area contributed by atoms with Gasteiger partial charge in [0.05, 0.1) is 24.8 Å². The van der Waals surface area contributed by atoms with Gasteiger partial charge in [-0.1, -0.05) is 31.0 Å². The third-order valence-electron chi connectivity index (χ3n) is 9.54. The average Bonchev–Trinajstić information content (AvgIpc) is 3.54. The third-order valence-corrected chi connectivity index (χ3v) is 9.54. The van der Waals surface area contributed by atoms with Crippen LogP contribution in [0.2, 0.25) is 0 Å². The third kappa shape index (κ3) is 5.44. The zero-order valence-corrected chi connectivity index (χ0v) is 24.4. The molecule has 1 saturated heterocycles. The van der Waals surface area contributed by atoms with Crippen LogP contribution in [0.3, 0.4) is 0 Å². The van der Waals surface area contributed by atoms with Crippen molar-refractivity contribution in [3.05, 3.63) is 63.2 Å². The number of carbonyl (C=O) groups is 1. The normalized spacial score (nSPS) is 18.7. The Hall–Kier alpha value is -3.10. The summed E-state index contributed by atoms with van der Waals surface area (Å²) < 4.78 is 7.75. The molecule has 0 spiro atoms. The van der Waals surface area contributed by atoms with Gasteiger partial charge in [-0.3, -0.25) is 9.59 Å². The van der Waals surface area contributed by atoms with E-state index >= 15 is 0 Å². The number of methoxy groups -OCH3 is 1. The van der Waals surface area contributed by atoms with Crippen molar-refractivity contribution in [1.29, 1.82) is 0 Å². The summed E-state index contributed by atoms with van der Waals surface area (Å²) in [6.07, 6.45) is 6.96. The predicted molar refractivity (Wildman–Crippen MR) is 158 cm³/mol. The van der Waals surface area contributed by atoms with Gasteiger partial charge < -0.3 is 29.6 Å². The number of pyridine rings is 1. The molecule has 0 bridgehead atoms. The van der Waals surface area contributed by atoms with Crippen LogP contribution < -0.4 is 15.6 Å². The summed E-state index contributed by atoms with van der Waals surface area (Å²) in [7, 11) is 1.53. The maximum Gasteiger partial charge on any atom is 0.256 e. The molecule has 2 fully saturated rings. The van der Waals surface area contributed by atoms with E-state index < -0.39 is 0 Å². The summed E-state index contributed by atoms with van der Waals surface area (Å²) in [6.45, 7) is 9.61. The molecular weight excluding hydrogens is 504 g/mol. The van der Waals surface area contributed by atoms with Crippen molar-refractivity contribution >= 4 is 16.8 Å². The molecule has 3 N–H and O–H groups in total.